The lowest BCUT2D eigenvalue weighted by Crippen LogP contribution is -2.57. The maximum atomic E-state index is 12.1. The molecule has 1 aliphatic rings. The van der Waals surface area contributed by atoms with Crippen LogP contribution in [-0.2, 0) is 0 Å². The second kappa shape index (κ2) is 6.34. The highest BCUT2D eigenvalue weighted by Gasteiger charge is 2.32. The summed E-state index contributed by atoms with van der Waals surface area (Å²) in [5, 5.41) is 2.84. The Morgan fingerprint density at radius 3 is 2.64 bits per heavy atom. The van der Waals surface area contributed by atoms with E-state index < -0.39 is 0 Å². The number of nitrogens with one attached hydrogen (secondary N) is 1. The van der Waals surface area contributed by atoms with E-state index >= 15 is 0 Å². The Morgan fingerprint density at radius 1 is 1.23 bits per heavy atom. The summed E-state index contributed by atoms with van der Waals surface area (Å²) in [6.07, 6.45) is 3.38. The third kappa shape index (κ3) is 3.28. The lowest BCUT2D eigenvalue weighted by atomic mass is 10.2. The number of urea groups is 1. The van der Waals surface area contributed by atoms with Gasteiger partial charge in [0.25, 0.3) is 0 Å². The Kier molecular flexibility index (Phi) is 4.09. The van der Waals surface area contributed by atoms with E-state index in [1.807, 2.05) is 12.1 Å². The highest BCUT2D eigenvalue weighted by atomic mass is 16.5. The Morgan fingerprint density at radius 2 is 2.00 bits per heavy atom. The summed E-state index contributed by atoms with van der Waals surface area (Å²) in [5.74, 6) is 1.48. The van der Waals surface area contributed by atoms with Gasteiger partial charge in [-0.3, -0.25) is 4.98 Å². The van der Waals surface area contributed by atoms with Gasteiger partial charge < -0.3 is 19.7 Å². The molecule has 1 aromatic heterocycles. The molecule has 0 spiro atoms. The van der Waals surface area contributed by atoms with Crippen molar-refractivity contribution in [2.75, 3.05) is 25.5 Å². The van der Waals surface area contributed by atoms with E-state index in [2.05, 4.69) is 10.3 Å². The number of hydrogen-bond donors (Lipinski definition) is 1. The molecule has 0 aliphatic carbocycles. The summed E-state index contributed by atoms with van der Waals surface area (Å²) in [5.41, 5.74) is 0.738. The summed E-state index contributed by atoms with van der Waals surface area (Å²) in [6.45, 7) is 1.13. The van der Waals surface area contributed by atoms with Gasteiger partial charge in [0.15, 0.2) is 0 Å². The molecule has 2 heterocycles. The fraction of sp³-hybridized carbons (Fsp3) is 0.250. The minimum Gasteiger partial charge on any atom is -0.497 e. The van der Waals surface area contributed by atoms with Crippen molar-refractivity contribution >= 4 is 11.7 Å². The van der Waals surface area contributed by atoms with Crippen LogP contribution in [0.4, 0.5) is 10.5 Å². The van der Waals surface area contributed by atoms with Crippen molar-refractivity contribution in [3.8, 4) is 11.5 Å². The topological polar surface area (TPSA) is 63.7 Å². The van der Waals surface area contributed by atoms with Gasteiger partial charge in [-0.15, -0.1) is 0 Å². The average molecular weight is 299 g/mol. The van der Waals surface area contributed by atoms with Crippen LogP contribution in [-0.4, -0.2) is 42.2 Å². The maximum absolute atomic E-state index is 12.1. The number of benzene rings is 1. The molecule has 2 amide bonds. The average Bonchev–Trinajstić information content (AvgIpc) is 2.52. The first-order valence-corrected chi connectivity index (χ1v) is 7.01. The molecule has 6 heteroatoms. The number of carbonyl (C=O) groups excluding carboxylic acids is 1. The molecule has 0 atom stereocenters. The molecule has 1 saturated heterocycles. The summed E-state index contributed by atoms with van der Waals surface area (Å²) in [7, 11) is 1.61. The molecule has 3 rings (SSSR count). The Hall–Kier alpha value is -2.76. The molecule has 0 bridgehead atoms. The van der Waals surface area contributed by atoms with Crippen LogP contribution in [0, 0.1) is 0 Å². The van der Waals surface area contributed by atoms with E-state index in [9.17, 15) is 4.79 Å². The number of hydrogen-bond acceptors (Lipinski definition) is 4. The quantitative estimate of drug-likeness (QED) is 0.941. The summed E-state index contributed by atoms with van der Waals surface area (Å²) < 4.78 is 10.8. The van der Waals surface area contributed by atoms with Gasteiger partial charge >= 0.3 is 6.03 Å². The van der Waals surface area contributed by atoms with E-state index in [1.54, 1.807) is 48.7 Å². The number of anilines is 1. The van der Waals surface area contributed by atoms with Crippen molar-refractivity contribution in [2.24, 2.45) is 0 Å². The van der Waals surface area contributed by atoms with E-state index in [0.29, 0.717) is 13.1 Å². The highest BCUT2D eigenvalue weighted by molar-refractivity contribution is 5.90. The van der Waals surface area contributed by atoms with Crippen molar-refractivity contribution < 1.29 is 14.3 Å². The van der Waals surface area contributed by atoms with Crippen molar-refractivity contribution in [2.45, 2.75) is 6.10 Å². The Labute approximate surface area is 128 Å². The number of amides is 2. The second-order valence-corrected chi connectivity index (χ2v) is 4.99. The van der Waals surface area contributed by atoms with Crippen LogP contribution in [0.15, 0.2) is 48.8 Å². The van der Waals surface area contributed by atoms with Gasteiger partial charge in [0.2, 0.25) is 0 Å². The molecule has 1 aromatic carbocycles. The first-order chi connectivity index (χ1) is 10.7. The number of pyridine rings is 1. The zero-order valence-electron chi connectivity index (χ0n) is 12.2. The van der Waals surface area contributed by atoms with Gasteiger partial charge in [-0.1, -0.05) is 0 Å². The molecule has 6 nitrogen and oxygen atoms in total. The minimum absolute atomic E-state index is 0.0193. The monoisotopic (exact) mass is 299 g/mol. The molecule has 22 heavy (non-hydrogen) atoms. The SMILES string of the molecule is COc1ccc(NC(=O)N2CC(Oc3cccnc3)C2)cc1. The molecule has 1 fully saturated rings. The van der Waals surface area contributed by atoms with Crippen LogP contribution in [0.1, 0.15) is 0 Å². The second-order valence-electron chi connectivity index (χ2n) is 4.99. The number of aromatic nitrogens is 1. The van der Waals surface area contributed by atoms with Crippen molar-refractivity contribution in [3.05, 3.63) is 48.8 Å². The number of ether oxygens (including phenoxy) is 2. The predicted molar refractivity (Wildman–Crippen MR) is 82.2 cm³/mol. The van der Waals surface area contributed by atoms with E-state index in [0.717, 1.165) is 17.2 Å². The van der Waals surface area contributed by atoms with Crippen LogP contribution in [0.3, 0.4) is 0 Å². The lowest BCUT2D eigenvalue weighted by Gasteiger charge is -2.38. The molecule has 2 aromatic rings. The third-order valence-corrected chi connectivity index (χ3v) is 3.41. The van der Waals surface area contributed by atoms with E-state index in [4.69, 9.17) is 9.47 Å². The van der Waals surface area contributed by atoms with Gasteiger partial charge in [-0.05, 0) is 36.4 Å². The van der Waals surface area contributed by atoms with Crippen LogP contribution in [0.2, 0.25) is 0 Å². The van der Waals surface area contributed by atoms with Gasteiger partial charge in [0.05, 0.1) is 26.4 Å². The number of rotatable bonds is 4. The number of methoxy groups -OCH3 is 1. The summed E-state index contributed by atoms with van der Waals surface area (Å²) >= 11 is 0. The highest BCUT2D eigenvalue weighted by Crippen LogP contribution is 2.19. The molecule has 0 unspecified atom stereocenters. The predicted octanol–water partition coefficient (Wildman–Crippen LogP) is 2.39. The number of carbonyl (C=O) groups is 1. The van der Waals surface area contributed by atoms with Crippen LogP contribution < -0.4 is 14.8 Å². The number of nitrogens with zero attached hydrogens (tertiary/aromatic N) is 2. The number of likely N-dealkylation sites (tertiary alicyclic amines) is 1. The standard InChI is InChI=1S/C16H17N3O3/c1-21-13-6-4-12(5-7-13)18-16(20)19-10-15(11-19)22-14-3-2-8-17-9-14/h2-9,15H,10-11H2,1H3,(H,18,20). The first kappa shape index (κ1) is 14.2. The minimum atomic E-state index is -0.129. The lowest BCUT2D eigenvalue weighted by molar-refractivity contribution is 0.0490. The Bertz CT molecular complexity index is 625. The van der Waals surface area contributed by atoms with Crippen molar-refractivity contribution in [1.29, 1.82) is 0 Å². The molecular weight excluding hydrogens is 282 g/mol. The molecule has 0 radical (unpaired) electrons. The maximum Gasteiger partial charge on any atom is 0.322 e. The molecular formula is C16H17N3O3. The molecule has 114 valence electrons. The largest absolute Gasteiger partial charge is 0.497 e. The van der Waals surface area contributed by atoms with Gasteiger partial charge in [0, 0.05) is 11.9 Å². The molecule has 0 saturated carbocycles. The zero-order chi connectivity index (χ0) is 15.4. The first-order valence-electron chi connectivity index (χ1n) is 7.01. The van der Waals surface area contributed by atoms with Crippen LogP contribution >= 0.6 is 0 Å². The van der Waals surface area contributed by atoms with Gasteiger partial charge in [-0.2, -0.15) is 0 Å². The summed E-state index contributed by atoms with van der Waals surface area (Å²) in [4.78, 5) is 17.8. The van der Waals surface area contributed by atoms with Crippen LogP contribution in [0.5, 0.6) is 11.5 Å². The van der Waals surface area contributed by atoms with Crippen molar-refractivity contribution in [3.63, 3.8) is 0 Å². The van der Waals surface area contributed by atoms with E-state index in [1.165, 1.54) is 0 Å². The molecule has 1 N–H and O–H groups in total. The smallest absolute Gasteiger partial charge is 0.322 e. The van der Waals surface area contributed by atoms with E-state index in [-0.39, 0.29) is 12.1 Å². The molecule has 1 aliphatic heterocycles. The van der Waals surface area contributed by atoms with Gasteiger partial charge in [-0.25, -0.2) is 4.79 Å². The zero-order valence-corrected chi connectivity index (χ0v) is 12.2. The van der Waals surface area contributed by atoms with Crippen molar-refractivity contribution in [1.82, 2.24) is 9.88 Å². The van der Waals surface area contributed by atoms with Gasteiger partial charge in [0.1, 0.15) is 17.6 Å². The fourth-order valence-electron chi connectivity index (χ4n) is 2.16. The fourth-order valence-corrected chi connectivity index (χ4v) is 2.16. The normalized spacial score (nSPS) is 14.1. The summed E-state index contributed by atoms with van der Waals surface area (Å²) in [6, 6.07) is 10.8. The van der Waals surface area contributed by atoms with Crippen LogP contribution in [0.25, 0.3) is 0 Å². The Balaban J connectivity index is 1.46. The third-order valence-electron chi connectivity index (χ3n) is 3.41.